The number of nitrogens with one attached hydrogen (secondary N) is 1. The molecule has 0 aliphatic heterocycles. The first-order chi connectivity index (χ1) is 36.2. The predicted molar refractivity (Wildman–Crippen MR) is 327 cm³/mol. The molecule has 0 aromatic heterocycles. The molecule has 0 bridgehead atoms. The molecule has 4 heteroatoms. The highest BCUT2D eigenvalue weighted by molar-refractivity contribution is 5.76. The zero-order valence-corrected chi connectivity index (χ0v) is 49.7. The molecule has 1 amide bonds. The van der Waals surface area contributed by atoms with Crippen molar-refractivity contribution in [2.45, 2.75) is 379 Å². The summed E-state index contributed by atoms with van der Waals surface area (Å²) < 4.78 is 0. The Morgan fingerprint density at radius 2 is 0.575 bits per heavy atom. The van der Waals surface area contributed by atoms with Gasteiger partial charge in [-0.15, -0.1) is 0 Å². The van der Waals surface area contributed by atoms with Crippen LogP contribution in [0.25, 0.3) is 0 Å². The Hall–Kier alpha value is -1.65. The molecule has 0 spiro atoms. The number of rotatable bonds is 62. The van der Waals surface area contributed by atoms with Crippen LogP contribution in [0.2, 0.25) is 0 Å². The maximum absolute atomic E-state index is 12.5. The summed E-state index contributed by atoms with van der Waals surface area (Å²) in [5.41, 5.74) is 0. The van der Waals surface area contributed by atoms with Crippen molar-refractivity contribution in [1.82, 2.24) is 5.32 Å². The molecule has 3 N–H and O–H groups in total. The Balaban J connectivity index is 3.47. The maximum Gasteiger partial charge on any atom is 0.220 e. The minimum atomic E-state index is -0.864. The van der Waals surface area contributed by atoms with Gasteiger partial charge in [-0.25, -0.2) is 0 Å². The van der Waals surface area contributed by atoms with Crippen LogP contribution in [0, 0.1) is 0 Å². The summed E-state index contributed by atoms with van der Waals surface area (Å²) in [6.45, 7) is 4.33. The number of aliphatic hydroxyl groups excluding tert-OH is 2. The normalized spacial score (nSPS) is 13.0. The van der Waals surface area contributed by atoms with Crippen molar-refractivity contribution in [3.05, 3.63) is 48.6 Å². The Morgan fingerprint density at radius 1 is 0.329 bits per heavy atom. The highest BCUT2D eigenvalue weighted by atomic mass is 16.3. The Bertz CT molecular complexity index is 1160. The summed E-state index contributed by atoms with van der Waals surface area (Å²) in [6, 6.07) is -0.641. The van der Waals surface area contributed by atoms with E-state index >= 15 is 0 Å². The van der Waals surface area contributed by atoms with Gasteiger partial charge in [0.2, 0.25) is 5.91 Å². The van der Waals surface area contributed by atoms with Gasteiger partial charge < -0.3 is 15.5 Å². The molecule has 0 radical (unpaired) electrons. The summed E-state index contributed by atoms with van der Waals surface area (Å²) in [7, 11) is 0. The van der Waals surface area contributed by atoms with Crippen LogP contribution in [0.15, 0.2) is 48.6 Å². The fraction of sp³-hybridized carbons (Fsp3) is 0.870. The van der Waals surface area contributed by atoms with Crippen LogP contribution < -0.4 is 5.32 Å². The quantitative estimate of drug-likeness (QED) is 0.0420. The first-order valence-corrected chi connectivity index (χ1v) is 33.4. The van der Waals surface area contributed by atoms with Gasteiger partial charge in [0.15, 0.2) is 0 Å². The SMILES string of the molecule is CCCCCCC/C=C\C/C=C\CCCCCCCCCCCCCCCCCCCC(=O)NC(CO)C(O)/C=C/CC/C=C/CCCCCCCCCCCCCCCCCCCCCCCCCCCC. The minimum absolute atomic E-state index is 0.0682. The number of hydrogen-bond donors (Lipinski definition) is 3. The van der Waals surface area contributed by atoms with Gasteiger partial charge in [0, 0.05) is 6.42 Å². The third kappa shape index (κ3) is 61.1. The second kappa shape index (κ2) is 64.6. The van der Waals surface area contributed by atoms with E-state index in [0.717, 1.165) is 38.5 Å². The van der Waals surface area contributed by atoms with Crippen LogP contribution in [0.4, 0.5) is 0 Å². The van der Waals surface area contributed by atoms with Gasteiger partial charge in [-0.05, 0) is 64.2 Å². The molecular formula is C69H131NO3. The van der Waals surface area contributed by atoms with Gasteiger partial charge in [0.05, 0.1) is 18.8 Å². The molecule has 0 aromatic rings. The lowest BCUT2D eigenvalue weighted by Crippen LogP contribution is -2.45. The topological polar surface area (TPSA) is 69.6 Å². The maximum atomic E-state index is 12.5. The van der Waals surface area contributed by atoms with Crippen LogP contribution in [-0.2, 0) is 4.79 Å². The van der Waals surface area contributed by atoms with E-state index in [1.165, 1.54) is 308 Å². The summed E-state index contributed by atoms with van der Waals surface area (Å²) in [4.78, 5) is 12.5. The van der Waals surface area contributed by atoms with Crippen molar-refractivity contribution in [1.29, 1.82) is 0 Å². The first kappa shape index (κ1) is 71.3. The molecule has 73 heavy (non-hydrogen) atoms. The van der Waals surface area contributed by atoms with E-state index in [1.807, 2.05) is 6.08 Å². The molecule has 4 nitrogen and oxygen atoms in total. The zero-order chi connectivity index (χ0) is 52.7. The predicted octanol–water partition coefficient (Wildman–Crippen LogP) is 22.5. The number of hydrogen-bond acceptors (Lipinski definition) is 3. The number of carbonyl (C=O) groups is 1. The van der Waals surface area contributed by atoms with Crippen LogP contribution in [-0.4, -0.2) is 34.9 Å². The molecule has 0 rings (SSSR count). The second-order valence-electron chi connectivity index (χ2n) is 22.9. The minimum Gasteiger partial charge on any atom is -0.394 e. The summed E-state index contributed by atoms with van der Waals surface area (Å²) in [5.74, 6) is -0.0682. The molecular weight excluding hydrogens is 891 g/mol. The lowest BCUT2D eigenvalue weighted by molar-refractivity contribution is -0.123. The number of amides is 1. The number of allylic oxidation sites excluding steroid dienone is 7. The van der Waals surface area contributed by atoms with E-state index in [9.17, 15) is 15.0 Å². The number of carbonyl (C=O) groups excluding carboxylic acids is 1. The van der Waals surface area contributed by atoms with E-state index in [-0.39, 0.29) is 12.5 Å². The molecule has 430 valence electrons. The lowest BCUT2D eigenvalue weighted by Gasteiger charge is -2.19. The fourth-order valence-corrected chi connectivity index (χ4v) is 10.5. The van der Waals surface area contributed by atoms with E-state index in [4.69, 9.17) is 0 Å². The molecule has 0 aliphatic carbocycles. The van der Waals surface area contributed by atoms with Crippen molar-refractivity contribution in [3.8, 4) is 0 Å². The van der Waals surface area contributed by atoms with Gasteiger partial charge in [-0.2, -0.15) is 0 Å². The second-order valence-corrected chi connectivity index (χ2v) is 22.9. The largest absolute Gasteiger partial charge is 0.394 e. The average Bonchev–Trinajstić information content (AvgIpc) is 3.40. The number of unbranched alkanes of at least 4 members (excludes halogenated alkanes) is 49. The average molecular weight is 1020 g/mol. The highest BCUT2D eigenvalue weighted by Gasteiger charge is 2.18. The highest BCUT2D eigenvalue weighted by Crippen LogP contribution is 2.18. The molecule has 0 heterocycles. The molecule has 0 saturated carbocycles. The smallest absolute Gasteiger partial charge is 0.220 e. The Morgan fingerprint density at radius 3 is 0.877 bits per heavy atom. The van der Waals surface area contributed by atoms with E-state index in [1.54, 1.807) is 6.08 Å². The molecule has 2 unspecified atom stereocenters. The zero-order valence-electron chi connectivity index (χ0n) is 49.7. The summed E-state index contributed by atoms with van der Waals surface area (Å²) >= 11 is 0. The van der Waals surface area contributed by atoms with Gasteiger partial charge in [-0.1, -0.05) is 345 Å². The Kier molecular flexibility index (Phi) is 63.2. The van der Waals surface area contributed by atoms with Crippen LogP contribution in [0.3, 0.4) is 0 Å². The van der Waals surface area contributed by atoms with E-state index in [2.05, 4.69) is 55.6 Å². The van der Waals surface area contributed by atoms with Gasteiger partial charge in [-0.3, -0.25) is 4.79 Å². The van der Waals surface area contributed by atoms with Crippen molar-refractivity contribution in [2.24, 2.45) is 0 Å². The Labute approximate surface area is 458 Å². The van der Waals surface area contributed by atoms with Gasteiger partial charge in [0.25, 0.3) is 0 Å². The van der Waals surface area contributed by atoms with E-state index in [0.29, 0.717) is 6.42 Å². The molecule has 0 aliphatic rings. The van der Waals surface area contributed by atoms with Crippen LogP contribution in [0.1, 0.15) is 367 Å². The summed E-state index contributed by atoms with van der Waals surface area (Å²) in [5, 5.41) is 23.2. The molecule has 2 atom stereocenters. The first-order valence-electron chi connectivity index (χ1n) is 33.4. The van der Waals surface area contributed by atoms with Gasteiger partial charge in [0.1, 0.15) is 0 Å². The molecule has 0 fully saturated rings. The number of aliphatic hydroxyl groups is 2. The molecule has 0 aromatic carbocycles. The fourth-order valence-electron chi connectivity index (χ4n) is 10.5. The van der Waals surface area contributed by atoms with Crippen LogP contribution >= 0.6 is 0 Å². The molecule has 0 saturated heterocycles. The van der Waals surface area contributed by atoms with Gasteiger partial charge >= 0.3 is 0 Å². The third-order valence-corrected chi connectivity index (χ3v) is 15.5. The van der Waals surface area contributed by atoms with Crippen molar-refractivity contribution >= 4 is 5.91 Å². The lowest BCUT2D eigenvalue weighted by atomic mass is 10.0. The monoisotopic (exact) mass is 1020 g/mol. The summed E-state index contributed by atoms with van der Waals surface area (Å²) in [6.07, 6.45) is 90.4. The van der Waals surface area contributed by atoms with Crippen LogP contribution in [0.5, 0.6) is 0 Å². The van der Waals surface area contributed by atoms with E-state index < -0.39 is 12.1 Å². The van der Waals surface area contributed by atoms with Crippen molar-refractivity contribution in [2.75, 3.05) is 6.61 Å². The standard InChI is InChI=1S/C69H131NO3/c1-3-5-7-9-11-13-15-17-19-21-23-25-27-29-31-33-34-35-37-38-40-42-44-46-48-50-52-54-56-58-60-62-64-68(72)67(66-71)70-69(73)65-63-61-59-57-55-53-51-49-47-45-43-41-39-36-32-30-28-26-24-22-20-18-16-14-12-10-8-6-4-2/h16,18,22,24,54,56,62,64,67-68,71-72H,3-15,17,19-21,23,25-53,55,57-61,63,65-66H2,1-2H3,(H,70,73)/b18-16-,24-22-,56-54+,64-62+. The third-order valence-electron chi connectivity index (χ3n) is 15.5. The van der Waals surface area contributed by atoms with Crippen molar-refractivity contribution in [3.63, 3.8) is 0 Å². The van der Waals surface area contributed by atoms with Crippen molar-refractivity contribution < 1.29 is 15.0 Å².